The predicted octanol–water partition coefficient (Wildman–Crippen LogP) is 5.44. The van der Waals surface area contributed by atoms with E-state index >= 15 is 0 Å². The van der Waals surface area contributed by atoms with Gasteiger partial charge in [-0.3, -0.25) is 19.3 Å². The minimum absolute atomic E-state index is 0.0623. The van der Waals surface area contributed by atoms with Gasteiger partial charge < -0.3 is 4.57 Å². The van der Waals surface area contributed by atoms with Gasteiger partial charge in [0.05, 0.1) is 27.3 Å². The molecule has 4 aromatic heterocycles. The summed E-state index contributed by atoms with van der Waals surface area (Å²) in [4.78, 5) is 41.5. The van der Waals surface area contributed by atoms with Crippen molar-refractivity contribution >= 4 is 28.4 Å². The molecule has 1 aliphatic carbocycles. The van der Waals surface area contributed by atoms with Gasteiger partial charge in [-0.15, -0.1) is 0 Å². The Balaban J connectivity index is 1.63. The lowest BCUT2D eigenvalue weighted by Gasteiger charge is -2.23. The lowest BCUT2D eigenvalue weighted by atomic mass is 9.89. The standard InChI is InChI=1S/C27H22ClFN6O3/c28-17-10-16(12-30-13-17)22-23-20(11-21(31-22)25-33-27(37)38-34-25)32-26(24(36)18-8-4-5-9-19(18)29)35(23)14-15-6-2-1-3-7-15/h4-5,8-13,15H,1-3,6-7,14H2,(H,33,34,37). The monoisotopic (exact) mass is 532 g/mol. The largest absolute Gasteiger partial charge is 0.439 e. The molecule has 4 heterocycles. The highest BCUT2D eigenvalue weighted by atomic mass is 35.5. The van der Waals surface area contributed by atoms with E-state index in [1.165, 1.54) is 30.8 Å². The first kappa shape index (κ1) is 24.2. The lowest BCUT2D eigenvalue weighted by Crippen LogP contribution is -2.19. The molecule has 0 radical (unpaired) electrons. The predicted molar refractivity (Wildman–Crippen MR) is 138 cm³/mol. The molecule has 0 bridgehead atoms. The number of benzene rings is 1. The molecule has 1 N–H and O–H groups in total. The normalized spacial score (nSPS) is 14.3. The number of carbonyl (C=O) groups excluding carboxylic acids is 1. The third-order valence-electron chi connectivity index (χ3n) is 6.87. The second-order valence-electron chi connectivity index (χ2n) is 9.42. The summed E-state index contributed by atoms with van der Waals surface area (Å²) in [6.07, 6.45) is 8.57. The molecular formula is C27H22ClFN6O3. The van der Waals surface area contributed by atoms with E-state index in [9.17, 15) is 14.0 Å². The van der Waals surface area contributed by atoms with Gasteiger partial charge in [-0.05, 0) is 43.0 Å². The maximum absolute atomic E-state index is 14.7. The number of hydrogen-bond donors (Lipinski definition) is 1. The van der Waals surface area contributed by atoms with Crippen LogP contribution in [0.5, 0.6) is 0 Å². The van der Waals surface area contributed by atoms with Crippen LogP contribution in [0.25, 0.3) is 33.8 Å². The fourth-order valence-electron chi connectivity index (χ4n) is 5.11. The Kier molecular flexibility index (Phi) is 6.32. The minimum atomic E-state index is -0.730. The second-order valence-corrected chi connectivity index (χ2v) is 9.85. The molecule has 38 heavy (non-hydrogen) atoms. The van der Waals surface area contributed by atoms with E-state index in [-0.39, 0.29) is 22.9 Å². The van der Waals surface area contributed by atoms with Crippen LogP contribution >= 0.6 is 11.6 Å². The van der Waals surface area contributed by atoms with E-state index in [2.05, 4.69) is 19.6 Å². The summed E-state index contributed by atoms with van der Waals surface area (Å²) in [7, 11) is 0. The number of fused-ring (bicyclic) bond motifs is 1. The van der Waals surface area contributed by atoms with Crippen LogP contribution in [0.3, 0.4) is 0 Å². The summed E-state index contributed by atoms with van der Waals surface area (Å²) < 4.78 is 21.2. The quantitative estimate of drug-likeness (QED) is 0.289. The topological polar surface area (TPSA) is 120 Å². The molecule has 5 aromatic rings. The Labute approximate surface area is 220 Å². The zero-order valence-electron chi connectivity index (χ0n) is 20.2. The number of nitrogens with zero attached hydrogens (tertiary/aromatic N) is 5. The molecule has 1 aliphatic rings. The van der Waals surface area contributed by atoms with Crippen molar-refractivity contribution in [2.24, 2.45) is 5.92 Å². The van der Waals surface area contributed by atoms with Crippen LogP contribution in [0.15, 0.2) is 58.1 Å². The molecule has 1 fully saturated rings. The van der Waals surface area contributed by atoms with Gasteiger partial charge in [0, 0.05) is 24.5 Å². The summed E-state index contributed by atoms with van der Waals surface area (Å²) in [5, 5.41) is 4.17. The number of hydrogen-bond acceptors (Lipinski definition) is 7. The summed E-state index contributed by atoms with van der Waals surface area (Å²) in [5.41, 5.74) is 2.29. The van der Waals surface area contributed by atoms with Crippen molar-refractivity contribution in [1.29, 1.82) is 0 Å². The van der Waals surface area contributed by atoms with Gasteiger partial charge in [0.25, 0.3) is 0 Å². The van der Waals surface area contributed by atoms with Gasteiger partial charge in [-0.2, -0.15) is 0 Å². The van der Waals surface area contributed by atoms with Crippen LogP contribution in [-0.4, -0.2) is 35.4 Å². The molecule has 0 unspecified atom stereocenters. The van der Waals surface area contributed by atoms with Crippen LogP contribution in [0.1, 0.15) is 48.3 Å². The minimum Gasteiger partial charge on any atom is -0.319 e. The van der Waals surface area contributed by atoms with Crippen molar-refractivity contribution in [2.45, 2.75) is 38.6 Å². The first-order valence-electron chi connectivity index (χ1n) is 12.4. The van der Waals surface area contributed by atoms with E-state index in [1.54, 1.807) is 24.4 Å². The van der Waals surface area contributed by atoms with Crippen molar-refractivity contribution in [1.82, 2.24) is 29.7 Å². The molecule has 9 nitrogen and oxygen atoms in total. The molecule has 0 aliphatic heterocycles. The first-order chi connectivity index (χ1) is 18.5. The summed E-state index contributed by atoms with van der Waals surface area (Å²) in [6, 6.07) is 9.20. The van der Waals surface area contributed by atoms with E-state index in [0.717, 1.165) is 25.7 Å². The van der Waals surface area contributed by atoms with Gasteiger partial charge in [-0.25, -0.2) is 19.2 Å². The average molecular weight is 533 g/mol. The van der Waals surface area contributed by atoms with Crippen molar-refractivity contribution in [2.75, 3.05) is 0 Å². The Morgan fingerprint density at radius 2 is 1.95 bits per heavy atom. The highest BCUT2D eigenvalue weighted by Gasteiger charge is 2.27. The van der Waals surface area contributed by atoms with E-state index < -0.39 is 17.4 Å². The highest BCUT2D eigenvalue weighted by molar-refractivity contribution is 6.30. The maximum Gasteiger partial charge on any atom is 0.439 e. The second kappa shape index (κ2) is 9.94. The summed E-state index contributed by atoms with van der Waals surface area (Å²) in [5.74, 6) is -1.33. The van der Waals surface area contributed by atoms with Gasteiger partial charge in [-0.1, -0.05) is 48.2 Å². The number of imidazole rings is 1. The van der Waals surface area contributed by atoms with Crippen LogP contribution in [0, 0.1) is 11.7 Å². The van der Waals surface area contributed by atoms with Crippen LogP contribution in [0.2, 0.25) is 5.02 Å². The smallest absolute Gasteiger partial charge is 0.319 e. The molecule has 0 atom stereocenters. The molecular weight excluding hydrogens is 511 g/mol. The number of aromatic nitrogens is 6. The van der Waals surface area contributed by atoms with E-state index in [1.807, 2.05) is 4.57 Å². The molecule has 6 rings (SSSR count). The Hall–Kier alpha value is -4.18. The number of pyridine rings is 2. The van der Waals surface area contributed by atoms with Crippen molar-refractivity contribution in [3.8, 4) is 22.8 Å². The molecule has 0 amide bonds. The number of carbonyl (C=O) groups is 1. The van der Waals surface area contributed by atoms with Crippen molar-refractivity contribution in [3.05, 3.63) is 81.6 Å². The zero-order valence-corrected chi connectivity index (χ0v) is 20.9. The van der Waals surface area contributed by atoms with Gasteiger partial charge in [0.2, 0.25) is 11.6 Å². The number of aromatic amines is 1. The fourth-order valence-corrected chi connectivity index (χ4v) is 5.28. The molecule has 11 heteroatoms. The number of H-pyrrole nitrogens is 1. The SMILES string of the molecule is O=C(c1ccccc1F)c1nc2cc(-c3noc(=O)[nH]3)nc(-c3cncc(Cl)c3)c2n1CC1CCCCC1. The lowest BCUT2D eigenvalue weighted by molar-refractivity contribution is 0.102. The average Bonchev–Trinajstić information content (AvgIpc) is 3.52. The van der Waals surface area contributed by atoms with Crippen molar-refractivity contribution in [3.63, 3.8) is 0 Å². The third kappa shape index (κ3) is 4.51. The maximum atomic E-state index is 14.7. The number of nitrogens with one attached hydrogen (secondary N) is 1. The van der Waals surface area contributed by atoms with Gasteiger partial charge in [0.1, 0.15) is 11.5 Å². The number of rotatable bonds is 6. The molecule has 0 saturated heterocycles. The number of halogens is 2. The van der Waals surface area contributed by atoms with Gasteiger partial charge >= 0.3 is 5.76 Å². The summed E-state index contributed by atoms with van der Waals surface area (Å²) >= 11 is 6.27. The molecule has 1 saturated carbocycles. The van der Waals surface area contributed by atoms with Crippen LogP contribution < -0.4 is 5.76 Å². The summed E-state index contributed by atoms with van der Waals surface area (Å²) in [6.45, 7) is 0.523. The Morgan fingerprint density at radius 1 is 1.13 bits per heavy atom. The Morgan fingerprint density at radius 3 is 2.68 bits per heavy atom. The molecule has 1 aromatic carbocycles. The van der Waals surface area contributed by atoms with Crippen molar-refractivity contribution < 1.29 is 13.7 Å². The highest BCUT2D eigenvalue weighted by Crippen LogP contribution is 2.34. The van der Waals surface area contributed by atoms with Gasteiger partial charge in [0.15, 0.2) is 5.82 Å². The van der Waals surface area contributed by atoms with Crippen LogP contribution in [-0.2, 0) is 6.54 Å². The number of ketones is 1. The fraction of sp³-hybridized carbons (Fsp3) is 0.259. The molecule has 0 spiro atoms. The first-order valence-corrected chi connectivity index (χ1v) is 12.7. The van der Waals surface area contributed by atoms with Crippen LogP contribution in [0.4, 0.5) is 4.39 Å². The van der Waals surface area contributed by atoms with E-state index in [4.69, 9.17) is 21.6 Å². The zero-order chi connectivity index (χ0) is 26.2. The molecule has 192 valence electrons. The Bertz CT molecular complexity index is 1720. The third-order valence-corrected chi connectivity index (χ3v) is 7.08. The van der Waals surface area contributed by atoms with E-state index in [0.29, 0.717) is 39.8 Å².